The first-order valence-corrected chi connectivity index (χ1v) is 5.72. The molecule has 90 valence electrons. The highest BCUT2D eigenvalue weighted by Gasteiger charge is 2.17. The zero-order valence-electron chi connectivity index (χ0n) is 9.99. The molecule has 1 aliphatic rings. The minimum absolute atomic E-state index is 0.0421. The average Bonchev–Trinajstić information content (AvgIpc) is 2.26. The summed E-state index contributed by atoms with van der Waals surface area (Å²) >= 11 is 0. The molecular weight excluding hydrogens is 206 g/mol. The Labute approximate surface area is 96.3 Å². The lowest BCUT2D eigenvalue weighted by Crippen LogP contribution is -2.35. The number of carbonyl (C=O) groups excluding carboxylic acids is 2. The quantitative estimate of drug-likeness (QED) is 0.538. The Morgan fingerprint density at radius 3 is 2.81 bits per heavy atom. The number of hydrogen-bond acceptors (Lipinski definition) is 3. The van der Waals surface area contributed by atoms with Crippen molar-refractivity contribution in [3.63, 3.8) is 0 Å². The van der Waals surface area contributed by atoms with E-state index in [4.69, 9.17) is 4.74 Å². The zero-order chi connectivity index (χ0) is 12.0. The molecule has 0 saturated heterocycles. The van der Waals surface area contributed by atoms with Gasteiger partial charge >= 0.3 is 5.97 Å². The molecule has 0 aromatic rings. The molecule has 0 atom stereocenters. The molecule has 4 nitrogen and oxygen atoms in total. The predicted octanol–water partition coefficient (Wildman–Crippen LogP) is 1.51. The maximum Gasteiger partial charge on any atom is 0.306 e. The number of ether oxygens (including phenoxy) is 1. The lowest BCUT2D eigenvalue weighted by molar-refractivity contribution is -0.145. The van der Waals surface area contributed by atoms with Crippen molar-refractivity contribution in [3.8, 4) is 0 Å². The lowest BCUT2D eigenvalue weighted by Gasteiger charge is -2.26. The Bertz CT molecular complexity index is 297. The zero-order valence-corrected chi connectivity index (χ0v) is 9.99. The van der Waals surface area contributed by atoms with Crippen LogP contribution >= 0.6 is 0 Å². The van der Waals surface area contributed by atoms with Crippen molar-refractivity contribution in [1.29, 1.82) is 0 Å². The van der Waals surface area contributed by atoms with Crippen molar-refractivity contribution < 1.29 is 14.3 Å². The third-order valence-corrected chi connectivity index (χ3v) is 2.53. The van der Waals surface area contributed by atoms with Crippen LogP contribution in [0.1, 0.15) is 33.1 Å². The second kappa shape index (κ2) is 6.30. The van der Waals surface area contributed by atoms with Crippen LogP contribution in [0, 0.1) is 0 Å². The van der Waals surface area contributed by atoms with Crippen LogP contribution in [0.5, 0.6) is 0 Å². The van der Waals surface area contributed by atoms with E-state index in [0.29, 0.717) is 13.2 Å². The molecule has 1 aliphatic heterocycles. The Morgan fingerprint density at radius 1 is 1.44 bits per heavy atom. The van der Waals surface area contributed by atoms with E-state index in [2.05, 4.69) is 6.08 Å². The van der Waals surface area contributed by atoms with E-state index >= 15 is 0 Å². The van der Waals surface area contributed by atoms with Crippen molar-refractivity contribution in [3.05, 3.63) is 11.6 Å². The molecule has 0 fully saturated rings. The Kier molecular flexibility index (Phi) is 5.02. The van der Waals surface area contributed by atoms with E-state index in [0.717, 1.165) is 13.0 Å². The summed E-state index contributed by atoms with van der Waals surface area (Å²) in [5.74, 6) is -0.249. The van der Waals surface area contributed by atoms with Gasteiger partial charge in [0.1, 0.15) is 0 Å². The topological polar surface area (TPSA) is 46.6 Å². The van der Waals surface area contributed by atoms with Gasteiger partial charge in [-0.05, 0) is 20.3 Å². The largest absolute Gasteiger partial charge is 0.466 e. The molecule has 0 spiro atoms. The van der Waals surface area contributed by atoms with Gasteiger partial charge in [0.2, 0.25) is 5.91 Å². The van der Waals surface area contributed by atoms with Crippen LogP contribution in [0.3, 0.4) is 0 Å². The number of rotatable bonds is 4. The summed E-state index contributed by atoms with van der Waals surface area (Å²) in [6, 6.07) is 0. The van der Waals surface area contributed by atoms with E-state index in [1.54, 1.807) is 11.8 Å². The first kappa shape index (κ1) is 12.7. The molecule has 4 heteroatoms. The number of nitrogens with zero attached hydrogens (tertiary/aromatic N) is 1. The van der Waals surface area contributed by atoms with E-state index < -0.39 is 0 Å². The summed E-state index contributed by atoms with van der Waals surface area (Å²) in [5.41, 5.74) is 1.22. The number of carbonyl (C=O) groups is 2. The van der Waals surface area contributed by atoms with Crippen molar-refractivity contribution >= 4 is 11.9 Å². The highest BCUT2D eigenvalue weighted by Crippen LogP contribution is 2.10. The summed E-state index contributed by atoms with van der Waals surface area (Å²) in [6.45, 7) is 5.61. The van der Waals surface area contributed by atoms with Crippen LogP contribution in [0.2, 0.25) is 0 Å². The molecule has 0 aromatic carbocycles. The first-order chi connectivity index (χ1) is 7.63. The fourth-order valence-corrected chi connectivity index (χ4v) is 1.72. The average molecular weight is 225 g/mol. The predicted molar refractivity (Wildman–Crippen MR) is 60.8 cm³/mol. The van der Waals surface area contributed by atoms with Gasteiger partial charge in [-0.3, -0.25) is 9.59 Å². The van der Waals surface area contributed by atoms with Gasteiger partial charge in [0.25, 0.3) is 0 Å². The van der Waals surface area contributed by atoms with Gasteiger partial charge in [0.05, 0.1) is 13.0 Å². The van der Waals surface area contributed by atoms with Crippen LogP contribution in [0.4, 0.5) is 0 Å². The monoisotopic (exact) mass is 225 g/mol. The van der Waals surface area contributed by atoms with Crippen LogP contribution < -0.4 is 0 Å². The number of amides is 1. The standard InChI is InChI=1S/C12H19NO3/c1-3-16-12(15)7-6-11(14)13-8-4-5-10(2)9-13/h5H,3-4,6-9H2,1-2H3. The van der Waals surface area contributed by atoms with Gasteiger partial charge in [0, 0.05) is 19.5 Å². The Balaban J connectivity index is 2.30. The third-order valence-electron chi connectivity index (χ3n) is 2.53. The van der Waals surface area contributed by atoms with Crippen LogP contribution in [-0.2, 0) is 14.3 Å². The van der Waals surface area contributed by atoms with Crippen molar-refractivity contribution in [1.82, 2.24) is 4.90 Å². The van der Waals surface area contributed by atoms with Gasteiger partial charge in [-0.15, -0.1) is 0 Å². The van der Waals surface area contributed by atoms with Gasteiger partial charge in [0.15, 0.2) is 0 Å². The molecule has 0 N–H and O–H groups in total. The summed E-state index contributed by atoms with van der Waals surface area (Å²) in [5, 5.41) is 0. The van der Waals surface area contributed by atoms with Crippen molar-refractivity contribution in [2.75, 3.05) is 19.7 Å². The molecule has 1 amide bonds. The molecule has 0 aromatic heterocycles. The smallest absolute Gasteiger partial charge is 0.306 e. The molecule has 1 heterocycles. The summed E-state index contributed by atoms with van der Waals surface area (Å²) in [6.07, 6.45) is 3.50. The summed E-state index contributed by atoms with van der Waals surface area (Å²) < 4.78 is 4.78. The van der Waals surface area contributed by atoms with E-state index in [-0.39, 0.29) is 24.7 Å². The van der Waals surface area contributed by atoms with Crippen molar-refractivity contribution in [2.45, 2.75) is 33.1 Å². The third kappa shape index (κ3) is 4.04. The molecule has 1 rings (SSSR count). The Hall–Kier alpha value is -1.32. The normalized spacial score (nSPS) is 15.6. The van der Waals surface area contributed by atoms with E-state index in [1.165, 1.54) is 5.57 Å². The van der Waals surface area contributed by atoms with Gasteiger partial charge < -0.3 is 9.64 Å². The maximum absolute atomic E-state index is 11.7. The molecular formula is C12H19NO3. The SMILES string of the molecule is CCOC(=O)CCC(=O)N1CCC=C(C)C1. The van der Waals surface area contributed by atoms with Crippen LogP contribution in [-0.4, -0.2) is 36.5 Å². The highest BCUT2D eigenvalue weighted by atomic mass is 16.5. The van der Waals surface area contributed by atoms with Crippen LogP contribution in [0.15, 0.2) is 11.6 Å². The molecule has 0 saturated carbocycles. The molecule has 0 unspecified atom stereocenters. The van der Waals surface area contributed by atoms with Gasteiger partial charge in [-0.2, -0.15) is 0 Å². The van der Waals surface area contributed by atoms with E-state index in [1.807, 2.05) is 6.92 Å². The molecule has 0 aliphatic carbocycles. The number of esters is 1. The molecule has 0 radical (unpaired) electrons. The van der Waals surface area contributed by atoms with Crippen molar-refractivity contribution in [2.24, 2.45) is 0 Å². The minimum Gasteiger partial charge on any atom is -0.466 e. The number of hydrogen-bond donors (Lipinski definition) is 0. The lowest BCUT2D eigenvalue weighted by atomic mass is 10.1. The van der Waals surface area contributed by atoms with Crippen LogP contribution in [0.25, 0.3) is 0 Å². The minimum atomic E-state index is -0.292. The second-order valence-electron chi connectivity index (χ2n) is 3.96. The van der Waals surface area contributed by atoms with E-state index in [9.17, 15) is 9.59 Å². The Morgan fingerprint density at radius 2 is 2.19 bits per heavy atom. The first-order valence-electron chi connectivity index (χ1n) is 5.72. The fourth-order valence-electron chi connectivity index (χ4n) is 1.72. The summed E-state index contributed by atoms with van der Waals surface area (Å²) in [7, 11) is 0. The molecule has 0 bridgehead atoms. The van der Waals surface area contributed by atoms with Gasteiger partial charge in [-0.1, -0.05) is 11.6 Å². The summed E-state index contributed by atoms with van der Waals surface area (Å²) in [4.78, 5) is 24.6. The van der Waals surface area contributed by atoms with Gasteiger partial charge in [-0.25, -0.2) is 0 Å². The highest BCUT2D eigenvalue weighted by molar-refractivity contribution is 5.81. The fraction of sp³-hybridized carbons (Fsp3) is 0.667. The molecule has 16 heavy (non-hydrogen) atoms. The maximum atomic E-state index is 11.7. The second-order valence-corrected chi connectivity index (χ2v) is 3.96.